The molecule has 1 heterocycles. The number of nitrogens with zero attached hydrogens (tertiary/aromatic N) is 1. The van der Waals surface area contributed by atoms with Gasteiger partial charge in [0, 0.05) is 26.3 Å². The molecule has 0 aromatic carbocycles. The van der Waals surface area contributed by atoms with E-state index in [-0.39, 0.29) is 30.3 Å². The number of hydrogen-bond donors (Lipinski definition) is 1. The molecule has 4 aliphatic carbocycles. The molecule has 4 saturated carbocycles. The molecular formula is C30H46N2O6. The minimum atomic E-state index is -0.938. The fourth-order valence-electron chi connectivity index (χ4n) is 9.88. The largest absolute Gasteiger partial charge is 0.534 e. The summed E-state index contributed by atoms with van der Waals surface area (Å²) in [4.78, 5) is 52.7. The van der Waals surface area contributed by atoms with Crippen molar-refractivity contribution in [3.63, 3.8) is 0 Å². The minimum Gasteiger partial charge on any atom is -0.429 e. The number of imide groups is 1. The van der Waals surface area contributed by atoms with Crippen LogP contribution in [-0.2, 0) is 24.0 Å². The van der Waals surface area contributed by atoms with Crippen LogP contribution in [0.5, 0.6) is 0 Å². The number of rotatable bonds is 6. The van der Waals surface area contributed by atoms with Gasteiger partial charge in [0.2, 0.25) is 5.91 Å². The normalized spacial score (nSPS) is 41.1. The molecule has 3 unspecified atom stereocenters. The average Bonchev–Trinajstić information content (AvgIpc) is 3.41. The van der Waals surface area contributed by atoms with Gasteiger partial charge >= 0.3 is 6.16 Å². The third kappa shape index (κ3) is 4.74. The van der Waals surface area contributed by atoms with Gasteiger partial charge in [0.25, 0.3) is 11.8 Å². The van der Waals surface area contributed by atoms with Gasteiger partial charge in [-0.2, -0.15) is 0 Å². The highest BCUT2D eigenvalue weighted by atomic mass is 16.8. The van der Waals surface area contributed by atoms with Gasteiger partial charge in [0.05, 0.1) is 0 Å². The van der Waals surface area contributed by atoms with Crippen molar-refractivity contribution < 1.29 is 28.8 Å². The van der Waals surface area contributed by atoms with E-state index >= 15 is 0 Å². The molecule has 5 rings (SSSR count). The van der Waals surface area contributed by atoms with Crippen molar-refractivity contribution in [3.05, 3.63) is 0 Å². The van der Waals surface area contributed by atoms with Crippen LogP contribution in [0.15, 0.2) is 0 Å². The van der Waals surface area contributed by atoms with E-state index in [4.69, 9.17) is 9.57 Å². The summed E-state index contributed by atoms with van der Waals surface area (Å²) in [7, 11) is 1.72. The Morgan fingerprint density at radius 3 is 2.37 bits per heavy atom. The second-order valence-electron chi connectivity index (χ2n) is 13.5. The van der Waals surface area contributed by atoms with Gasteiger partial charge in [-0.1, -0.05) is 25.8 Å². The Labute approximate surface area is 226 Å². The Bertz CT molecular complexity index is 952. The van der Waals surface area contributed by atoms with Gasteiger partial charge in [-0.05, 0) is 111 Å². The summed E-state index contributed by atoms with van der Waals surface area (Å²) in [6.45, 7) is 7.42. The van der Waals surface area contributed by atoms with E-state index < -0.39 is 18.0 Å². The molecule has 1 aliphatic heterocycles. The lowest BCUT2D eigenvalue weighted by Crippen LogP contribution is -2.54. The second kappa shape index (κ2) is 10.5. The van der Waals surface area contributed by atoms with Crippen molar-refractivity contribution in [2.24, 2.45) is 46.3 Å². The lowest BCUT2D eigenvalue weighted by Gasteiger charge is -2.61. The van der Waals surface area contributed by atoms with Crippen LogP contribution in [0.1, 0.15) is 104 Å². The Morgan fingerprint density at radius 1 is 0.974 bits per heavy atom. The number of nitrogens with one attached hydrogen (secondary N) is 1. The third-order valence-corrected chi connectivity index (χ3v) is 11.9. The van der Waals surface area contributed by atoms with Crippen LogP contribution in [0.25, 0.3) is 0 Å². The van der Waals surface area contributed by atoms with Crippen molar-refractivity contribution in [1.82, 2.24) is 10.4 Å². The third-order valence-electron chi connectivity index (χ3n) is 11.9. The molecule has 0 aromatic rings. The first-order valence-corrected chi connectivity index (χ1v) is 15.0. The maximum atomic E-state index is 12.4. The van der Waals surface area contributed by atoms with Crippen molar-refractivity contribution >= 4 is 23.9 Å². The number of amides is 3. The van der Waals surface area contributed by atoms with Crippen LogP contribution in [-0.4, -0.2) is 42.1 Å². The Morgan fingerprint density at radius 2 is 1.66 bits per heavy atom. The summed E-state index contributed by atoms with van der Waals surface area (Å²) in [5.74, 6) is 3.22. The second-order valence-corrected chi connectivity index (χ2v) is 13.5. The fourth-order valence-corrected chi connectivity index (χ4v) is 9.88. The highest BCUT2D eigenvalue weighted by molar-refractivity contribution is 6.01. The Balaban J connectivity index is 1.19. The maximum Gasteiger partial charge on any atom is 0.534 e. The molecule has 9 atom stereocenters. The zero-order valence-corrected chi connectivity index (χ0v) is 23.6. The van der Waals surface area contributed by atoms with E-state index in [1.165, 1.54) is 38.5 Å². The van der Waals surface area contributed by atoms with Crippen molar-refractivity contribution in [2.75, 3.05) is 7.05 Å². The zero-order chi connectivity index (χ0) is 27.2. The number of carbonyl (C=O) groups excluding carboxylic acids is 4. The highest BCUT2D eigenvalue weighted by Crippen LogP contribution is 2.68. The highest BCUT2D eigenvalue weighted by Gasteiger charge is 2.60. The quantitative estimate of drug-likeness (QED) is 0.365. The summed E-state index contributed by atoms with van der Waals surface area (Å²) < 4.78 is 5.62. The molecule has 212 valence electrons. The topological polar surface area (TPSA) is 102 Å². The molecule has 8 heteroatoms. The molecule has 0 aromatic heterocycles. The van der Waals surface area contributed by atoms with Crippen LogP contribution in [0.3, 0.4) is 0 Å². The van der Waals surface area contributed by atoms with Crippen LogP contribution in [0, 0.1) is 46.3 Å². The molecule has 0 spiro atoms. The number of carbonyl (C=O) groups is 4. The van der Waals surface area contributed by atoms with Crippen LogP contribution < -0.4 is 5.32 Å². The van der Waals surface area contributed by atoms with Gasteiger partial charge in [0.1, 0.15) is 6.10 Å². The smallest absolute Gasteiger partial charge is 0.429 e. The van der Waals surface area contributed by atoms with Crippen molar-refractivity contribution in [1.29, 1.82) is 0 Å². The van der Waals surface area contributed by atoms with Gasteiger partial charge < -0.3 is 10.1 Å². The Hall–Kier alpha value is -2.12. The molecule has 1 saturated heterocycles. The standard InChI is InChI=1S/C30H46N2O6/c1-18(5-10-25(33)31-4)22-8-9-23-21-7-6-19-17-20(37-28(36)38-32-26(34)11-12-27(32)35)13-15-29(19,2)24(21)14-16-30(22,23)3/h18-24H,5-17H2,1-4H3,(H,31,33)/t18-,19-,20-,21?,22-,23?,24?,29+,30-/m1/s1. The van der Waals surface area contributed by atoms with Crippen molar-refractivity contribution in [2.45, 2.75) is 110 Å². The summed E-state index contributed by atoms with van der Waals surface area (Å²) in [6.07, 6.45) is 10.8. The molecule has 3 amide bonds. The summed E-state index contributed by atoms with van der Waals surface area (Å²) in [5, 5.41) is 3.34. The van der Waals surface area contributed by atoms with E-state index in [1.807, 2.05) is 0 Å². The van der Waals surface area contributed by atoms with Gasteiger partial charge in [-0.15, -0.1) is 0 Å². The van der Waals surface area contributed by atoms with E-state index in [2.05, 4.69) is 26.1 Å². The van der Waals surface area contributed by atoms with Gasteiger partial charge in [0.15, 0.2) is 0 Å². The van der Waals surface area contributed by atoms with E-state index in [9.17, 15) is 19.2 Å². The first-order chi connectivity index (χ1) is 18.1. The van der Waals surface area contributed by atoms with Crippen molar-refractivity contribution in [3.8, 4) is 0 Å². The minimum absolute atomic E-state index is 0.0776. The average molecular weight is 531 g/mol. The first kappa shape index (κ1) is 27.4. The van der Waals surface area contributed by atoms with Gasteiger partial charge in [-0.3, -0.25) is 19.2 Å². The Kier molecular flexibility index (Phi) is 7.55. The molecule has 0 radical (unpaired) electrons. The molecule has 0 bridgehead atoms. The predicted molar refractivity (Wildman–Crippen MR) is 140 cm³/mol. The number of fused-ring (bicyclic) bond motifs is 5. The number of hydroxylamine groups is 2. The lowest BCUT2D eigenvalue weighted by atomic mass is 9.44. The molecule has 38 heavy (non-hydrogen) atoms. The van der Waals surface area contributed by atoms with E-state index in [1.54, 1.807) is 7.05 Å². The van der Waals surface area contributed by atoms with E-state index in [0.29, 0.717) is 40.6 Å². The fraction of sp³-hybridized carbons (Fsp3) is 0.867. The van der Waals surface area contributed by atoms with Crippen LogP contribution >= 0.6 is 0 Å². The van der Waals surface area contributed by atoms with Crippen LogP contribution in [0.4, 0.5) is 4.79 Å². The SMILES string of the molecule is CNC(=O)CC[C@@H](C)[C@H]1CCC2C3CC[C@@H]4C[C@H](OC(=O)ON5C(=O)CCC5=O)CC[C@]4(C)C3CC[C@@]21C. The van der Waals surface area contributed by atoms with E-state index in [0.717, 1.165) is 37.5 Å². The molecular weight excluding hydrogens is 484 g/mol. The summed E-state index contributed by atoms with van der Waals surface area (Å²) in [5.41, 5.74) is 0.638. The summed E-state index contributed by atoms with van der Waals surface area (Å²) in [6, 6.07) is 0. The zero-order valence-electron chi connectivity index (χ0n) is 23.6. The number of ether oxygens (including phenoxy) is 1. The van der Waals surface area contributed by atoms with Crippen LogP contribution in [0.2, 0.25) is 0 Å². The molecule has 1 N–H and O–H groups in total. The molecule has 5 aliphatic rings. The summed E-state index contributed by atoms with van der Waals surface area (Å²) >= 11 is 0. The predicted octanol–water partition coefficient (Wildman–Crippen LogP) is 5.39. The lowest BCUT2D eigenvalue weighted by molar-refractivity contribution is -0.181. The van der Waals surface area contributed by atoms with Gasteiger partial charge in [-0.25, -0.2) is 4.79 Å². The first-order valence-electron chi connectivity index (χ1n) is 15.0. The monoisotopic (exact) mass is 530 g/mol. The molecule has 8 nitrogen and oxygen atoms in total. The number of hydrogen-bond acceptors (Lipinski definition) is 6. The molecule has 5 fully saturated rings. The maximum absolute atomic E-state index is 12.4.